The molecule has 2 aromatic rings. The number of hydrogen-bond donors (Lipinski definition) is 3. The van der Waals surface area contributed by atoms with Crippen LogP contribution in [0.3, 0.4) is 0 Å². The lowest BCUT2D eigenvalue weighted by Crippen LogP contribution is -2.41. The largest absolute Gasteiger partial charge is 0.392 e. The van der Waals surface area contributed by atoms with E-state index in [2.05, 4.69) is 57.8 Å². The molecular formula is C21H27BrIN3O. The third-order valence-corrected chi connectivity index (χ3v) is 5.62. The summed E-state index contributed by atoms with van der Waals surface area (Å²) in [5.41, 5.74) is 3.55. The Morgan fingerprint density at radius 3 is 2.37 bits per heavy atom. The van der Waals surface area contributed by atoms with Crippen LogP contribution >= 0.6 is 39.9 Å². The van der Waals surface area contributed by atoms with Crippen LogP contribution in [0.2, 0.25) is 0 Å². The molecule has 1 fully saturated rings. The van der Waals surface area contributed by atoms with Crippen molar-refractivity contribution >= 4 is 45.9 Å². The second kappa shape index (κ2) is 10.4. The zero-order valence-corrected chi connectivity index (χ0v) is 19.5. The van der Waals surface area contributed by atoms with Crippen LogP contribution in [0.5, 0.6) is 0 Å². The number of hydrogen-bond acceptors (Lipinski definition) is 2. The van der Waals surface area contributed by atoms with Crippen LogP contribution < -0.4 is 10.6 Å². The number of benzene rings is 2. The lowest BCUT2D eigenvalue weighted by molar-refractivity contribution is 0.280. The summed E-state index contributed by atoms with van der Waals surface area (Å²) in [7, 11) is 0. The van der Waals surface area contributed by atoms with E-state index in [1.807, 2.05) is 24.3 Å². The number of nitrogens with zero attached hydrogens (tertiary/aromatic N) is 1. The molecule has 3 rings (SSSR count). The van der Waals surface area contributed by atoms with Crippen molar-refractivity contribution in [2.24, 2.45) is 4.99 Å². The molecule has 3 N–H and O–H groups in total. The quantitative estimate of drug-likeness (QED) is 0.276. The molecule has 0 atom stereocenters. The predicted molar refractivity (Wildman–Crippen MR) is 126 cm³/mol. The Morgan fingerprint density at radius 1 is 1.07 bits per heavy atom. The van der Waals surface area contributed by atoms with E-state index in [-0.39, 0.29) is 36.0 Å². The Labute approximate surface area is 187 Å². The fourth-order valence-electron chi connectivity index (χ4n) is 3.21. The van der Waals surface area contributed by atoms with Crippen molar-refractivity contribution in [3.63, 3.8) is 0 Å². The number of aliphatic hydroxyl groups excluding tert-OH is 1. The molecule has 0 aliphatic heterocycles. The summed E-state index contributed by atoms with van der Waals surface area (Å²) in [5, 5.41) is 16.3. The summed E-state index contributed by atoms with van der Waals surface area (Å²) < 4.78 is 1.18. The molecule has 0 unspecified atom stereocenters. The van der Waals surface area contributed by atoms with Crippen LogP contribution in [-0.2, 0) is 18.6 Å². The number of aliphatic imine (C=N–C) groups is 1. The van der Waals surface area contributed by atoms with Gasteiger partial charge in [0.25, 0.3) is 0 Å². The lowest BCUT2D eigenvalue weighted by Gasteiger charge is -2.20. The topological polar surface area (TPSA) is 56.7 Å². The van der Waals surface area contributed by atoms with Gasteiger partial charge in [0, 0.05) is 23.0 Å². The van der Waals surface area contributed by atoms with E-state index < -0.39 is 0 Å². The van der Waals surface area contributed by atoms with Crippen LogP contribution in [0, 0.1) is 0 Å². The number of nitrogens with one attached hydrogen (secondary N) is 2. The van der Waals surface area contributed by atoms with Gasteiger partial charge >= 0.3 is 0 Å². The van der Waals surface area contributed by atoms with Crippen molar-refractivity contribution in [1.29, 1.82) is 0 Å². The molecular weight excluding hydrogens is 517 g/mol. The second-order valence-electron chi connectivity index (χ2n) is 6.74. The number of guanidine groups is 1. The summed E-state index contributed by atoms with van der Waals surface area (Å²) >= 11 is 3.69. The molecule has 0 spiro atoms. The second-order valence-corrected chi connectivity index (χ2v) is 7.59. The van der Waals surface area contributed by atoms with Crippen LogP contribution in [0.15, 0.2) is 58.0 Å². The number of halogens is 2. The van der Waals surface area contributed by atoms with Gasteiger partial charge in [-0.25, -0.2) is 4.99 Å². The lowest BCUT2D eigenvalue weighted by atomic mass is 9.96. The highest BCUT2D eigenvalue weighted by atomic mass is 127. The van der Waals surface area contributed by atoms with Crippen LogP contribution in [-0.4, -0.2) is 24.2 Å². The summed E-state index contributed by atoms with van der Waals surface area (Å²) in [5.74, 6) is 0.818. The van der Waals surface area contributed by atoms with Crippen molar-refractivity contribution in [3.8, 4) is 0 Å². The first-order valence-electron chi connectivity index (χ1n) is 9.13. The third-order valence-electron chi connectivity index (χ3n) is 4.93. The molecule has 0 aromatic heterocycles. The minimum atomic E-state index is 0. The van der Waals surface area contributed by atoms with Crippen molar-refractivity contribution < 1.29 is 5.11 Å². The maximum Gasteiger partial charge on any atom is 0.191 e. The minimum Gasteiger partial charge on any atom is -0.392 e. The molecule has 2 aromatic carbocycles. The molecule has 27 heavy (non-hydrogen) atoms. The van der Waals surface area contributed by atoms with Gasteiger partial charge in [0.2, 0.25) is 0 Å². The summed E-state index contributed by atoms with van der Waals surface area (Å²) in [6, 6.07) is 16.4. The van der Waals surface area contributed by atoms with E-state index in [4.69, 9.17) is 4.99 Å². The Bertz CT molecular complexity index is 778. The zero-order chi connectivity index (χ0) is 18.4. The normalized spacial score (nSPS) is 15.0. The molecule has 1 aliphatic carbocycles. The van der Waals surface area contributed by atoms with Gasteiger partial charge in [-0.2, -0.15) is 0 Å². The Balaban J connectivity index is 0.00000261. The van der Waals surface area contributed by atoms with E-state index in [0.29, 0.717) is 6.54 Å². The Kier molecular flexibility index (Phi) is 8.57. The van der Waals surface area contributed by atoms with Gasteiger partial charge in [0.05, 0.1) is 13.2 Å². The van der Waals surface area contributed by atoms with Crippen molar-refractivity contribution in [3.05, 3.63) is 69.7 Å². The average Bonchev–Trinajstić information content (AvgIpc) is 3.45. The van der Waals surface area contributed by atoms with E-state index in [1.54, 1.807) is 0 Å². The maximum atomic E-state index is 9.47. The average molecular weight is 544 g/mol. The summed E-state index contributed by atoms with van der Waals surface area (Å²) in [6.07, 6.45) is 2.38. The molecule has 1 saturated carbocycles. The smallest absolute Gasteiger partial charge is 0.191 e. The monoisotopic (exact) mass is 543 g/mol. The van der Waals surface area contributed by atoms with Crippen LogP contribution in [0.4, 0.5) is 0 Å². The fourth-order valence-corrected chi connectivity index (χ4v) is 3.91. The standard InChI is InChI=1S/C21H26BrN3O.HI/c1-2-23-20(24-13-16-7-3-4-8-17(16)14-26)25-15-21(11-12-21)18-9-5-6-10-19(18)22;/h3-10,26H,2,11-15H2,1H3,(H2,23,24,25);1H. The van der Waals surface area contributed by atoms with Gasteiger partial charge in [0.15, 0.2) is 5.96 Å². The minimum absolute atomic E-state index is 0. The van der Waals surface area contributed by atoms with Crippen molar-refractivity contribution in [2.45, 2.75) is 38.3 Å². The first-order valence-corrected chi connectivity index (χ1v) is 9.92. The third kappa shape index (κ3) is 5.68. The summed E-state index contributed by atoms with van der Waals surface area (Å²) in [6.45, 7) is 4.34. The van der Waals surface area contributed by atoms with E-state index >= 15 is 0 Å². The van der Waals surface area contributed by atoms with Gasteiger partial charge in [-0.3, -0.25) is 0 Å². The maximum absolute atomic E-state index is 9.47. The van der Waals surface area contributed by atoms with E-state index in [1.165, 1.54) is 22.9 Å². The zero-order valence-electron chi connectivity index (χ0n) is 15.5. The van der Waals surface area contributed by atoms with Crippen LogP contribution in [0.25, 0.3) is 0 Å². The molecule has 1 aliphatic rings. The highest BCUT2D eigenvalue weighted by Crippen LogP contribution is 2.49. The van der Waals surface area contributed by atoms with E-state index in [9.17, 15) is 5.11 Å². The Hall–Kier alpha value is -1.12. The first-order chi connectivity index (χ1) is 12.7. The molecule has 0 heterocycles. The van der Waals surface area contributed by atoms with Gasteiger partial charge in [-0.15, -0.1) is 24.0 Å². The van der Waals surface area contributed by atoms with Gasteiger partial charge in [-0.1, -0.05) is 58.4 Å². The first kappa shape index (κ1) is 22.2. The molecule has 4 nitrogen and oxygen atoms in total. The highest BCUT2D eigenvalue weighted by Gasteiger charge is 2.45. The molecule has 6 heteroatoms. The van der Waals surface area contributed by atoms with Crippen molar-refractivity contribution in [1.82, 2.24) is 10.6 Å². The molecule has 0 bridgehead atoms. The molecule has 0 amide bonds. The molecule has 0 radical (unpaired) electrons. The van der Waals surface area contributed by atoms with Crippen LogP contribution in [0.1, 0.15) is 36.5 Å². The van der Waals surface area contributed by atoms with Gasteiger partial charge in [0.1, 0.15) is 0 Å². The SMILES string of the molecule is CCNC(=NCc1ccccc1CO)NCC1(c2ccccc2Br)CC1.I. The molecule has 0 saturated heterocycles. The fraction of sp³-hybridized carbons (Fsp3) is 0.381. The number of rotatable bonds is 7. The van der Waals surface area contributed by atoms with E-state index in [0.717, 1.165) is 30.2 Å². The number of aliphatic hydroxyl groups is 1. The summed E-state index contributed by atoms with van der Waals surface area (Å²) in [4.78, 5) is 4.71. The Morgan fingerprint density at radius 2 is 1.74 bits per heavy atom. The van der Waals surface area contributed by atoms with Crippen molar-refractivity contribution in [2.75, 3.05) is 13.1 Å². The molecule has 146 valence electrons. The highest BCUT2D eigenvalue weighted by molar-refractivity contribution is 14.0. The van der Waals surface area contributed by atoms with Gasteiger partial charge in [-0.05, 0) is 42.5 Å². The van der Waals surface area contributed by atoms with Gasteiger partial charge < -0.3 is 15.7 Å². The predicted octanol–water partition coefficient (Wildman–Crippen LogP) is 4.35.